The fourth-order valence-electron chi connectivity index (χ4n) is 1.84. The number of ether oxygens (including phenoxy) is 1. The first kappa shape index (κ1) is 15.8. The molecule has 0 radical (unpaired) electrons. The van der Waals surface area contributed by atoms with Gasteiger partial charge in [0.25, 0.3) is 0 Å². The smallest absolute Gasteiger partial charge is 0.213 e. The Labute approximate surface area is 131 Å². The van der Waals surface area contributed by atoms with Gasteiger partial charge in [-0.1, -0.05) is 0 Å². The number of rotatable bonds is 7. The number of anilines is 1. The van der Waals surface area contributed by atoms with Crippen molar-refractivity contribution in [3.63, 3.8) is 0 Å². The SMILES string of the molecule is CN(C)CCOc1cc(CNc2ccc(C#N)cc2)ccn1. The first-order chi connectivity index (χ1) is 10.7. The Bertz CT molecular complexity index is 632. The van der Waals surface area contributed by atoms with Gasteiger partial charge < -0.3 is 15.0 Å². The molecule has 0 atom stereocenters. The second kappa shape index (κ2) is 8.01. The van der Waals surface area contributed by atoms with Crippen molar-refractivity contribution in [3.05, 3.63) is 53.7 Å². The van der Waals surface area contributed by atoms with Crippen molar-refractivity contribution in [2.24, 2.45) is 0 Å². The number of benzene rings is 1. The van der Waals surface area contributed by atoms with Crippen molar-refractivity contribution in [1.82, 2.24) is 9.88 Å². The second-order valence-corrected chi connectivity index (χ2v) is 5.20. The summed E-state index contributed by atoms with van der Waals surface area (Å²) < 4.78 is 5.62. The van der Waals surface area contributed by atoms with Crippen molar-refractivity contribution in [3.8, 4) is 11.9 Å². The first-order valence-electron chi connectivity index (χ1n) is 7.14. The fraction of sp³-hybridized carbons (Fsp3) is 0.294. The molecule has 0 aliphatic heterocycles. The molecule has 22 heavy (non-hydrogen) atoms. The molecule has 1 N–H and O–H groups in total. The number of hydrogen-bond donors (Lipinski definition) is 1. The summed E-state index contributed by atoms with van der Waals surface area (Å²) in [6.07, 6.45) is 1.75. The van der Waals surface area contributed by atoms with Crippen LogP contribution in [0.25, 0.3) is 0 Å². The van der Waals surface area contributed by atoms with Crippen LogP contribution in [0.1, 0.15) is 11.1 Å². The van der Waals surface area contributed by atoms with Crippen molar-refractivity contribution >= 4 is 5.69 Å². The largest absolute Gasteiger partial charge is 0.476 e. The van der Waals surface area contributed by atoms with Crippen LogP contribution in [-0.2, 0) is 6.54 Å². The third-order valence-electron chi connectivity index (χ3n) is 3.10. The van der Waals surface area contributed by atoms with Crippen LogP contribution in [0.5, 0.6) is 5.88 Å². The highest BCUT2D eigenvalue weighted by Gasteiger charge is 2.00. The molecule has 1 aromatic heterocycles. The third kappa shape index (κ3) is 5.08. The van der Waals surface area contributed by atoms with E-state index in [2.05, 4.69) is 21.3 Å². The highest BCUT2D eigenvalue weighted by Crippen LogP contribution is 2.13. The van der Waals surface area contributed by atoms with E-state index in [1.165, 1.54) is 0 Å². The van der Waals surface area contributed by atoms with Crippen molar-refractivity contribution in [1.29, 1.82) is 5.26 Å². The van der Waals surface area contributed by atoms with Gasteiger partial charge in [-0.15, -0.1) is 0 Å². The van der Waals surface area contributed by atoms with Crippen LogP contribution in [0.15, 0.2) is 42.6 Å². The van der Waals surface area contributed by atoms with Gasteiger partial charge in [-0.05, 0) is 50.0 Å². The summed E-state index contributed by atoms with van der Waals surface area (Å²) in [5.74, 6) is 0.640. The van der Waals surface area contributed by atoms with Crippen LogP contribution in [-0.4, -0.2) is 37.1 Å². The van der Waals surface area contributed by atoms with Gasteiger partial charge in [0.05, 0.1) is 11.6 Å². The summed E-state index contributed by atoms with van der Waals surface area (Å²) in [4.78, 5) is 6.28. The number of likely N-dealkylation sites (N-methyl/N-ethyl adjacent to an activating group) is 1. The zero-order chi connectivity index (χ0) is 15.8. The van der Waals surface area contributed by atoms with E-state index < -0.39 is 0 Å². The minimum Gasteiger partial charge on any atom is -0.476 e. The van der Waals surface area contributed by atoms with Gasteiger partial charge >= 0.3 is 0 Å². The summed E-state index contributed by atoms with van der Waals surface area (Å²) in [5, 5.41) is 12.1. The van der Waals surface area contributed by atoms with Crippen molar-refractivity contribution in [2.45, 2.75) is 6.54 Å². The van der Waals surface area contributed by atoms with Gasteiger partial charge in [0, 0.05) is 31.0 Å². The number of nitrogens with zero attached hydrogens (tertiary/aromatic N) is 3. The molecular formula is C17H20N4O. The van der Waals surface area contributed by atoms with Crippen LogP contribution in [0.2, 0.25) is 0 Å². The Hall–Kier alpha value is -2.58. The van der Waals surface area contributed by atoms with Crippen LogP contribution in [0, 0.1) is 11.3 Å². The Morgan fingerprint density at radius 1 is 1.23 bits per heavy atom. The van der Waals surface area contributed by atoms with E-state index in [0.29, 0.717) is 24.6 Å². The number of aromatic nitrogens is 1. The quantitative estimate of drug-likeness (QED) is 0.850. The van der Waals surface area contributed by atoms with Gasteiger partial charge in [-0.2, -0.15) is 5.26 Å². The Morgan fingerprint density at radius 2 is 2.00 bits per heavy atom. The zero-order valence-electron chi connectivity index (χ0n) is 12.9. The molecule has 0 spiro atoms. The second-order valence-electron chi connectivity index (χ2n) is 5.20. The summed E-state index contributed by atoms with van der Waals surface area (Å²) in [7, 11) is 4.02. The summed E-state index contributed by atoms with van der Waals surface area (Å²) >= 11 is 0. The molecule has 2 aromatic rings. The standard InChI is InChI=1S/C17H20N4O/c1-21(2)9-10-22-17-11-15(7-8-19-17)13-20-16-5-3-14(12-18)4-6-16/h3-8,11,20H,9-10,13H2,1-2H3. The van der Waals surface area contributed by atoms with E-state index in [0.717, 1.165) is 17.8 Å². The topological polar surface area (TPSA) is 61.2 Å². The zero-order valence-corrected chi connectivity index (χ0v) is 12.9. The van der Waals surface area contributed by atoms with Gasteiger partial charge in [0.1, 0.15) is 6.61 Å². The molecule has 5 heteroatoms. The predicted octanol–water partition coefficient (Wildman–Crippen LogP) is 2.51. The summed E-state index contributed by atoms with van der Waals surface area (Å²) in [6.45, 7) is 2.15. The van der Waals surface area contributed by atoms with Crippen LogP contribution in [0.4, 0.5) is 5.69 Å². The maximum absolute atomic E-state index is 8.78. The van der Waals surface area contributed by atoms with E-state index in [4.69, 9.17) is 10.00 Å². The number of hydrogen-bond acceptors (Lipinski definition) is 5. The number of pyridine rings is 1. The highest BCUT2D eigenvalue weighted by molar-refractivity contribution is 5.47. The fourth-order valence-corrected chi connectivity index (χ4v) is 1.84. The van der Waals surface area contributed by atoms with Gasteiger partial charge in [-0.3, -0.25) is 0 Å². The molecule has 0 saturated heterocycles. The van der Waals surface area contributed by atoms with Crippen molar-refractivity contribution in [2.75, 3.05) is 32.6 Å². The lowest BCUT2D eigenvalue weighted by Gasteiger charge is -2.11. The Kier molecular flexibility index (Phi) is 5.75. The molecule has 5 nitrogen and oxygen atoms in total. The molecule has 0 aliphatic carbocycles. The van der Waals surface area contributed by atoms with E-state index in [1.54, 1.807) is 18.3 Å². The Balaban J connectivity index is 1.88. The average Bonchev–Trinajstić information content (AvgIpc) is 2.53. The molecule has 0 saturated carbocycles. The molecule has 0 bridgehead atoms. The Morgan fingerprint density at radius 3 is 2.68 bits per heavy atom. The van der Waals surface area contributed by atoms with Gasteiger partial charge in [0.15, 0.2) is 0 Å². The highest BCUT2D eigenvalue weighted by atomic mass is 16.5. The lowest BCUT2D eigenvalue weighted by atomic mass is 10.2. The van der Waals surface area contributed by atoms with Gasteiger partial charge in [-0.25, -0.2) is 4.98 Å². The molecule has 114 valence electrons. The molecule has 0 fully saturated rings. The third-order valence-corrected chi connectivity index (χ3v) is 3.10. The maximum atomic E-state index is 8.78. The van der Waals surface area contributed by atoms with E-state index in [9.17, 15) is 0 Å². The van der Waals surface area contributed by atoms with E-state index >= 15 is 0 Å². The summed E-state index contributed by atoms with van der Waals surface area (Å²) in [5.41, 5.74) is 2.73. The van der Waals surface area contributed by atoms with Crippen LogP contribution >= 0.6 is 0 Å². The maximum Gasteiger partial charge on any atom is 0.213 e. The monoisotopic (exact) mass is 296 g/mol. The average molecular weight is 296 g/mol. The van der Waals surface area contributed by atoms with E-state index in [-0.39, 0.29) is 0 Å². The predicted molar refractivity (Wildman–Crippen MR) is 86.8 cm³/mol. The molecular weight excluding hydrogens is 276 g/mol. The number of nitriles is 1. The van der Waals surface area contributed by atoms with Crippen LogP contribution < -0.4 is 10.1 Å². The normalized spacial score (nSPS) is 10.3. The lowest BCUT2D eigenvalue weighted by molar-refractivity contribution is 0.253. The minimum absolute atomic E-state index is 0.618. The van der Waals surface area contributed by atoms with Gasteiger partial charge in [0.2, 0.25) is 5.88 Å². The molecule has 0 unspecified atom stereocenters. The van der Waals surface area contributed by atoms with Crippen LogP contribution in [0.3, 0.4) is 0 Å². The summed E-state index contributed by atoms with van der Waals surface area (Å²) in [6, 6.07) is 13.4. The molecule has 0 aliphatic rings. The van der Waals surface area contributed by atoms with E-state index in [1.807, 2.05) is 38.4 Å². The first-order valence-corrected chi connectivity index (χ1v) is 7.14. The molecule has 1 aromatic carbocycles. The van der Waals surface area contributed by atoms with Crippen molar-refractivity contribution < 1.29 is 4.74 Å². The molecule has 2 rings (SSSR count). The minimum atomic E-state index is 0.618. The lowest BCUT2D eigenvalue weighted by Crippen LogP contribution is -2.19. The molecule has 1 heterocycles. The molecule has 0 amide bonds. The number of nitrogens with one attached hydrogen (secondary N) is 1.